The molecule has 1 aromatic rings. The van der Waals surface area contributed by atoms with E-state index in [-0.39, 0.29) is 5.91 Å². The van der Waals surface area contributed by atoms with Crippen LogP contribution in [0.15, 0.2) is 11.6 Å². The van der Waals surface area contributed by atoms with E-state index in [2.05, 4.69) is 21.6 Å². The van der Waals surface area contributed by atoms with Crippen LogP contribution in [-0.2, 0) is 11.2 Å². The van der Waals surface area contributed by atoms with Crippen molar-refractivity contribution in [1.29, 1.82) is 0 Å². The Balaban J connectivity index is 1.67. The molecule has 1 aliphatic rings. The molecule has 0 aliphatic heterocycles. The molecule has 0 saturated heterocycles. The topological polar surface area (TPSA) is 57.8 Å². The second-order valence-electron chi connectivity index (χ2n) is 5.62. The zero-order valence-electron chi connectivity index (χ0n) is 12.6. The van der Waals surface area contributed by atoms with Gasteiger partial charge >= 0.3 is 0 Å². The van der Waals surface area contributed by atoms with Crippen molar-refractivity contribution < 1.29 is 4.79 Å². The average Bonchev–Trinajstić information content (AvgIpc) is 2.77. The van der Waals surface area contributed by atoms with Crippen LogP contribution in [-0.4, -0.2) is 22.6 Å². The smallest absolute Gasteiger partial charge is 0.220 e. The van der Waals surface area contributed by atoms with Crippen LogP contribution in [0.3, 0.4) is 0 Å². The molecule has 1 amide bonds. The summed E-state index contributed by atoms with van der Waals surface area (Å²) in [5.74, 6) is 0.140. The molecule has 0 unspecified atom stereocenters. The van der Waals surface area contributed by atoms with Crippen LogP contribution in [0.25, 0.3) is 0 Å². The minimum atomic E-state index is 0.140. The summed E-state index contributed by atoms with van der Waals surface area (Å²) in [5.41, 5.74) is 4.76. The molecule has 1 heterocycles. The SMILES string of the molecule is Cc1n[nH]c(C)c1CCC(=O)NCCC1=CCCCC1. The van der Waals surface area contributed by atoms with Gasteiger partial charge in [0, 0.05) is 18.7 Å². The molecule has 0 atom stereocenters. The highest BCUT2D eigenvalue weighted by Crippen LogP contribution is 2.19. The largest absolute Gasteiger partial charge is 0.356 e. The lowest BCUT2D eigenvalue weighted by atomic mass is 9.97. The molecule has 0 spiro atoms. The lowest BCUT2D eigenvalue weighted by molar-refractivity contribution is -0.121. The first-order valence-corrected chi connectivity index (χ1v) is 7.62. The molecule has 4 heteroatoms. The zero-order chi connectivity index (χ0) is 14.4. The number of aromatic nitrogens is 2. The summed E-state index contributed by atoms with van der Waals surface area (Å²) in [6.45, 7) is 4.75. The standard InChI is InChI=1S/C16H25N3O/c1-12-15(13(2)19-18-12)8-9-16(20)17-11-10-14-6-4-3-5-7-14/h6H,3-5,7-11H2,1-2H3,(H,17,20)(H,18,19). The number of aromatic amines is 1. The molecule has 0 fully saturated rings. The summed E-state index contributed by atoms with van der Waals surface area (Å²) in [7, 11) is 0. The number of allylic oxidation sites excluding steroid dienone is 1. The van der Waals surface area contributed by atoms with Gasteiger partial charge in [-0.1, -0.05) is 11.6 Å². The van der Waals surface area contributed by atoms with Crippen molar-refractivity contribution >= 4 is 5.91 Å². The van der Waals surface area contributed by atoms with Crippen molar-refractivity contribution in [2.75, 3.05) is 6.54 Å². The Hall–Kier alpha value is -1.58. The highest BCUT2D eigenvalue weighted by Gasteiger charge is 2.09. The third-order valence-electron chi connectivity index (χ3n) is 4.04. The number of hydrogen-bond donors (Lipinski definition) is 2. The summed E-state index contributed by atoms with van der Waals surface area (Å²) in [5, 5.41) is 10.1. The molecule has 4 nitrogen and oxygen atoms in total. The number of amides is 1. The first-order valence-electron chi connectivity index (χ1n) is 7.62. The Morgan fingerprint density at radius 3 is 2.85 bits per heavy atom. The summed E-state index contributed by atoms with van der Waals surface area (Å²) >= 11 is 0. The van der Waals surface area contributed by atoms with Crippen molar-refractivity contribution in [3.8, 4) is 0 Å². The van der Waals surface area contributed by atoms with Gasteiger partial charge in [0.05, 0.1) is 5.69 Å². The minimum absolute atomic E-state index is 0.140. The van der Waals surface area contributed by atoms with E-state index in [9.17, 15) is 4.79 Å². The molecular formula is C16H25N3O. The molecular weight excluding hydrogens is 250 g/mol. The zero-order valence-corrected chi connectivity index (χ0v) is 12.6. The molecule has 0 aromatic carbocycles. The fourth-order valence-corrected chi connectivity index (χ4v) is 2.76. The maximum Gasteiger partial charge on any atom is 0.220 e. The normalized spacial score (nSPS) is 15.0. The number of carbonyl (C=O) groups is 1. The molecule has 1 aromatic heterocycles. The van der Waals surface area contributed by atoms with Gasteiger partial charge in [-0.05, 0) is 57.9 Å². The van der Waals surface area contributed by atoms with E-state index in [1.165, 1.54) is 36.8 Å². The lowest BCUT2D eigenvalue weighted by Crippen LogP contribution is -2.25. The van der Waals surface area contributed by atoms with Crippen LogP contribution in [0.5, 0.6) is 0 Å². The van der Waals surface area contributed by atoms with Gasteiger partial charge < -0.3 is 5.32 Å². The number of carbonyl (C=O) groups excluding carboxylic acids is 1. The third-order valence-corrected chi connectivity index (χ3v) is 4.04. The van der Waals surface area contributed by atoms with E-state index in [0.717, 1.165) is 30.8 Å². The monoisotopic (exact) mass is 275 g/mol. The van der Waals surface area contributed by atoms with Crippen molar-refractivity contribution in [3.63, 3.8) is 0 Å². The quantitative estimate of drug-likeness (QED) is 0.784. The second kappa shape index (κ2) is 7.27. The number of nitrogens with zero attached hydrogens (tertiary/aromatic N) is 1. The number of H-pyrrole nitrogens is 1. The van der Waals surface area contributed by atoms with Gasteiger partial charge in [0.25, 0.3) is 0 Å². The van der Waals surface area contributed by atoms with E-state index < -0.39 is 0 Å². The molecule has 0 bridgehead atoms. The van der Waals surface area contributed by atoms with Crippen LogP contribution in [0, 0.1) is 13.8 Å². The first-order chi connectivity index (χ1) is 9.66. The summed E-state index contributed by atoms with van der Waals surface area (Å²) in [4.78, 5) is 11.8. The summed E-state index contributed by atoms with van der Waals surface area (Å²) in [6, 6.07) is 0. The Bertz CT molecular complexity index is 468. The van der Waals surface area contributed by atoms with E-state index in [1.54, 1.807) is 0 Å². The van der Waals surface area contributed by atoms with Crippen molar-refractivity contribution in [3.05, 3.63) is 28.6 Å². The van der Waals surface area contributed by atoms with Crippen LogP contribution < -0.4 is 5.32 Å². The van der Waals surface area contributed by atoms with Crippen LogP contribution >= 0.6 is 0 Å². The van der Waals surface area contributed by atoms with Gasteiger partial charge in [0.2, 0.25) is 5.91 Å². The Labute approximate surface area is 121 Å². The predicted molar refractivity (Wildman–Crippen MR) is 80.6 cm³/mol. The van der Waals surface area contributed by atoms with Gasteiger partial charge in [0.1, 0.15) is 0 Å². The number of nitrogens with one attached hydrogen (secondary N) is 2. The fraction of sp³-hybridized carbons (Fsp3) is 0.625. The molecule has 0 radical (unpaired) electrons. The maximum absolute atomic E-state index is 11.8. The van der Waals surface area contributed by atoms with E-state index in [4.69, 9.17) is 0 Å². The van der Waals surface area contributed by atoms with Gasteiger partial charge in [-0.3, -0.25) is 9.89 Å². The van der Waals surface area contributed by atoms with Crippen LogP contribution in [0.2, 0.25) is 0 Å². The van der Waals surface area contributed by atoms with Gasteiger partial charge in [-0.2, -0.15) is 5.10 Å². The second-order valence-corrected chi connectivity index (χ2v) is 5.62. The van der Waals surface area contributed by atoms with Gasteiger partial charge in [-0.15, -0.1) is 0 Å². The number of rotatable bonds is 6. The molecule has 2 rings (SSSR count). The highest BCUT2D eigenvalue weighted by molar-refractivity contribution is 5.76. The highest BCUT2D eigenvalue weighted by atomic mass is 16.1. The molecule has 2 N–H and O–H groups in total. The van der Waals surface area contributed by atoms with Crippen molar-refractivity contribution in [1.82, 2.24) is 15.5 Å². The first kappa shape index (κ1) is 14.8. The maximum atomic E-state index is 11.8. The number of aryl methyl sites for hydroxylation is 2. The molecule has 110 valence electrons. The Morgan fingerprint density at radius 1 is 1.35 bits per heavy atom. The molecule has 20 heavy (non-hydrogen) atoms. The molecule has 1 aliphatic carbocycles. The predicted octanol–water partition coefficient (Wildman–Crippen LogP) is 2.97. The summed E-state index contributed by atoms with van der Waals surface area (Å²) < 4.78 is 0. The fourth-order valence-electron chi connectivity index (χ4n) is 2.76. The van der Waals surface area contributed by atoms with Crippen LogP contribution in [0.1, 0.15) is 55.5 Å². The van der Waals surface area contributed by atoms with Crippen molar-refractivity contribution in [2.24, 2.45) is 0 Å². The Morgan fingerprint density at radius 2 is 2.20 bits per heavy atom. The third kappa shape index (κ3) is 4.22. The van der Waals surface area contributed by atoms with E-state index >= 15 is 0 Å². The lowest BCUT2D eigenvalue weighted by Gasteiger charge is -2.12. The van der Waals surface area contributed by atoms with E-state index in [1.807, 2.05) is 13.8 Å². The molecule has 0 saturated carbocycles. The summed E-state index contributed by atoms with van der Waals surface area (Å²) in [6.07, 6.45) is 9.70. The number of hydrogen-bond acceptors (Lipinski definition) is 2. The van der Waals surface area contributed by atoms with E-state index in [0.29, 0.717) is 6.42 Å². The average molecular weight is 275 g/mol. The Kier molecular flexibility index (Phi) is 5.39. The van der Waals surface area contributed by atoms with Crippen molar-refractivity contribution in [2.45, 2.75) is 58.8 Å². The minimum Gasteiger partial charge on any atom is -0.356 e. The van der Waals surface area contributed by atoms with Gasteiger partial charge in [-0.25, -0.2) is 0 Å². The van der Waals surface area contributed by atoms with Crippen LogP contribution in [0.4, 0.5) is 0 Å². The van der Waals surface area contributed by atoms with Gasteiger partial charge in [0.15, 0.2) is 0 Å².